The molecule has 1 saturated heterocycles. The van der Waals surface area contributed by atoms with E-state index in [9.17, 15) is 14.3 Å². The molecule has 3 aromatic carbocycles. The molecular weight excluding hydrogens is 341 g/mol. The Balaban J connectivity index is 1.83. The number of carboxylic acids is 1. The van der Waals surface area contributed by atoms with Crippen LogP contribution in [0.3, 0.4) is 0 Å². The highest BCUT2D eigenvalue weighted by atomic mass is 19.1. The smallest absolute Gasteiger partial charge is 0.320 e. The third kappa shape index (κ3) is 3.58. The van der Waals surface area contributed by atoms with Crippen LogP contribution in [0.5, 0.6) is 0 Å². The first-order chi connectivity index (χ1) is 13.1. The first-order valence-electron chi connectivity index (χ1n) is 9.36. The summed E-state index contributed by atoms with van der Waals surface area (Å²) >= 11 is 0. The van der Waals surface area contributed by atoms with E-state index in [1.807, 2.05) is 12.1 Å². The fraction of sp³-hybridized carbons (Fsp3) is 0.261. The van der Waals surface area contributed by atoms with Gasteiger partial charge in [0.05, 0.1) is 6.04 Å². The molecule has 1 aliphatic rings. The van der Waals surface area contributed by atoms with E-state index < -0.39 is 12.0 Å². The number of likely N-dealkylation sites (tertiary alicyclic amines) is 1. The van der Waals surface area contributed by atoms with Crippen molar-refractivity contribution in [1.29, 1.82) is 0 Å². The van der Waals surface area contributed by atoms with Crippen LogP contribution in [0.15, 0.2) is 66.7 Å². The number of carbonyl (C=O) groups is 1. The lowest BCUT2D eigenvalue weighted by molar-refractivity contribution is -0.145. The maximum absolute atomic E-state index is 13.5. The van der Waals surface area contributed by atoms with Gasteiger partial charge in [-0.3, -0.25) is 9.69 Å². The van der Waals surface area contributed by atoms with Gasteiger partial charge in [-0.2, -0.15) is 0 Å². The molecule has 1 aliphatic heterocycles. The summed E-state index contributed by atoms with van der Waals surface area (Å²) in [4.78, 5) is 14.0. The normalized spacial score (nSPS) is 19.1. The maximum atomic E-state index is 13.5. The quantitative estimate of drug-likeness (QED) is 0.708. The van der Waals surface area contributed by atoms with Crippen LogP contribution in [0.4, 0.5) is 4.39 Å². The van der Waals surface area contributed by atoms with Crippen molar-refractivity contribution in [2.24, 2.45) is 0 Å². The maximum Gasteiger partial charge on any atom is 0.320 e. The van der Waals surface area contributed by atoms with E-state index in [1.54, 1.807) is 12.1 Å². The standard InChI is InChI=1S/C23H22FNO2/c24-20-12-10-17(11-13-20)22(25-14-4-3-7-21(25)23(26)27)19-9-8-16-5-1-2-6-18(16)15-19/h1-2,5-6,8-13,15,21-22H,3-4,7,14H2,(H,26,27). The highest BCUT2D eigenvalue weighted by Crippen LogP contribution is 2.35. The van der Waals surface area contributed by atoms with Crippen molar-refractivity contribution in [3.63, 3.8) is 0 Å². The number of rotatable bonds is 4. The van der Waals surface area contributed by atoms with E-state index in [0.717, 1.165) is 34.7 Å². The number of aliphatic carboxylic acids is 1. The molecule has 0 aromatic heterocycles. The summed E-state index contributed by atoms with van der Waals surface area (Å²) in [5.41, 5.74) is 1.95. The van der Waals surface area contributed by atoms with Crippen molar-refractivity contribution in [1.82, 2.24) is 4.90 Å². The molecule has 2 atom stereocenters. The van der Waals surface area contributed by atoms with Crippen molar-refractivity contribution in [3.8, 4) is 0 Å². The second kappa shape index (κ2) is 7.49. The number of nitrogens with zero attached hydrogens (tertiary/aromatic N) is 1. The molecule has 1 N–H and O–H groups in total. The number of carboxylic acid groups (broad SMARTS) is 1. The minimum atomic E-state index is -0.789. The van der Waals surface area contributed by atoms with Crippen LogP contribution in [0.2, 0.25) is 0 Å². The lowest BCUT2D eigenvalue weighted by atomic mass is 9.90. The lowest BCUT2D eigenvalue weighted by Gasteiger charge is -2.39. The van der Waals surface area contributed by atoms with Gasteiger partial charge in [-0.25, -0.2) is 4.39 Å². The molecular formula is C23H22FNO2. The van der Waals surface area contributed by atoms with Crippen LogP contribution in [-0.2, 0) is 4.79 Å². The van der Waals surface area contributed by atoms with E-state index in [2.05, 4.69) is 35.2 Å². The van der Waals surface area contributed by atoms with Gasteiger partial charge in [-0.05, 0) is 59.5 Å². The monoisotopic (exact) mass is 363 g/mol. The second-order valence-corrected chi connectivity index (χ2v) is 7.15. The Labute approximate surface area is 158 Å². The first-order valence-corrected chi connectivity index (χ1v) is 9.36. The molecule has 0 aliphatic carbocycles. The number of hydrogen-bond donors (Lipinski definition) is 1. The third-order valence-corrected chi connectivity index (χ3v) is 5.44. The minimum Gasteiger partial charge on any atom is -0.480 e. The molecule has 3 aromatic rings. The summed E-state index contributed by atoms with van der Waals surface area (Å²) < 4.78 is 13.5. The third-order valence-electron chi connectivity index (χ3n) is 5.44. The highest BCUT2D eigenvalue weighted by molar-refractivity contribution is 5.83. The van der Waals surface area contributed by atoms with Crippen molar-refractivity contribution < 1.29 is 14.3 Å². The molecule has 0 amide bonds. The number of fused-ring (bicyclic) bond motifs is 1. The molecule has 27 heavy (non-hydrogen) atoms. The summed E-state index contributed by atoms with van der Waals surface area (Å²) in [6, 6.07) is 20.1. The summed E-state index contributed by atoms with van der Waals surface area (Å²) in [6.07, 6.45) is 2.52. The Hall–Kier alpha value is -2.72. The van der Waals surface area contributed by atoms with Crippen LogP contribution in [0, 0.1) is 5.82 Å². The fourth-order valence-electron chi connectivity index (χ4n) is 4.13. The first kappa shape index (κ1) is 17.7. The topological polar surface area (TPSA) is 40.5 Å². The SMILES string of the molecule is O=C(O)C1CCCCN1C(c1ccc(F)cc1)c1ccc2ccccc2c1. The van der Waals surface area contributed by atoms with Gasteiger partial charge in [-0.15, -0.1) is 0 Å². The zero-order valence-corrected chi connectivity index (χ0v) is 15.0. The van der Waals surface area contributed by atoms with Gasteiger partial charge in [0.1, 0.15) is 11.9 Å². The van der Waals surface area contributed by atoms with E-state index in [0.29, 0.717) is 13.0 Å². The van der Waals surface area contributed by atoms with Gasteiger partial charge >= 0.3 is 5.97 Å². The molecule has 0 radical (unpaired) electrons. The molecule has 3 nitrogen and oxygen atoms in total. The Morgan fingerprint density at radius 3 is 2.41 bits per heavy atom. The Morgan fingerprint density at radius 1 is 0.963 bits per heavy atom. The van der Waals surface area contributed by atoms with E-state index >= 15 is 0 Å². The molecule has 0 spiro atoms. The predicted octanol–water partition coefficient (Wildman–Crippen LogP) is 5.01. The molecule has 0 bridgehead atoms. The van der Waals surface area contributed by atoms with Crippen LogP contribution in [0.1, 0.15) is 36.4 Å². The number of hydrogen-bond acceptors (Lipinski definition) is 2. The Kier molecular flexibility index (Phi) is 4.90. The molecule has 2 unspecified atom stereocenters. The van der Waals surface area contributed by atoms with Crippen molar-refractivity contribution in [3.05, 3.63) is 83.7 Å². The van der Waals surface area contributed by atoms with Gasteiger partial charge in [0.2, 0.25) is 0 Å². The summed E-state index contributed by atoms with van der Waals surface area (Å²) in [7, 11) is 0. The highest BCUT2D eigenvalue weighted by Gasteiger charge is 2.35. The van der Waals surface area contributed by atoms with Gasteiger partial charge in [0, 0.05) is 0 Å². The van der Waals surface area contributed by atoms with Crippen LogP contribution < -0.4 is 0 Å². The van der Waals surface area contributed by atoms with Crippen molar-refractivity contribution >= 4 is 16.7 Å². The molecule has 1 heterocycles. The largest absolute Gasteiger partial charge is 0.480 e. The second-order valence-electron chi connectivity index (χ2n) is 7.15. The van der Waals surface area contributed by atoms with Gasteiger partial charge in [0.15, 0.2) is 0 Å². The zero-order valence-electron chi connectivity index (χ0n) is 15.0. The van der Waals surface area contributed by atoms with Crippen molar-refractivity contribution in [2.45, 2.75) is 31.3 Å². The van der Waals surface area contributed by atoms with Crippen molar-refractivity contribution in [2.75, 3.05) is 6.54 Å². The van der Waals surface area contributed by atoms with Crippen LogP contribution >= 0.6 is 0 Å². The molecule has 138 valence electrons. The van der Waals surface area contributed by atoms with E-state index in [4.69, 9.17) is 0 Å². The van der Waals surface area contributed by atoms with Crippen LogP contribution in [0.25, 0.3) is 10.8 Å². The number of piperidine rings is 1. The van der Waals surface area contributed by atoms with E-state index in [-0.39, 0.29) is 11.9 Å². The predicted molar refractivity (Wildman–Crippen MR) is 104 cm³/mol. The molecule has 0 saturated carbocycles. The van der Waals surface area contributed by atoms with Gasteiger partial charge < -0.3 is 5.11 Å². The zero-order chi connectivity index (χ0) is 18.8. The minimum absolute atomic E-state index is 0.211. The summed E-state index contributed by atoms with van der Waals surface area (Å²) in [5.74, 6) is -1.08. The fourth-order valence-corrected chi connectivity index (χ4v) is 4.13. The molecule has 4 heteroatoms. The number of benzene rings is 3. The van der Waals surface area contributed by atoms with Gasteiger partial charge in [-0.1, -0.05) is 55.0 Å². The molecule has 4 rings (SSSR count). The molecule has 1 fully saturated rings. The average Bonchev–Trinajstić information content (AvgIpc) is 2.70. The number of halogens is 1. The van der Waals surface area contributed by atoms with Crippen LogP contribution in [-0.4, -0.2) is 28.6 Å². The lowest BCUT2D eigenvalue weighted by Crippen LogP contribution is -2.46. The summed E-state index contributed by atoms with van der Waals surface area (Å²) in [6.45, 7) is 0.714. The Morgan fingerprint density at radius 2 is 1.67 bits per heavy atom. The van der Waals surface area contributed by atoms with Gasteiger partial charge in [0.25, 0.3) is 0 Å². The average molecular weight is 363 g/mol. The summed E-state index contributed by atoms with van der Waals surface area (Å²) in [5, 5.41) is 12.0. The Bertz CT molecular complexity index is 954. The van der Waals surface area contributed by atoms with E-state index in [1.165, 1.54) is 12.1 Å².